The molecule has 16 rings (SSSR count). The molecule has 0 atom stereocenters. The molecule has 10 aromatic rings. The minimum Gasteiger partial charge on any atom is -0.456 e. The van der Waals surface area contributed by atoms with Crippen molar-refractivity contribution in [1.29, 1.82) is 0 Å². The number of rotatable bonds is 4. The maximum atomic E-state index is 6.40. The fourth-order valence-corrected chi connectivity index (χ4v) is 18.4. The minimum absolute atomic E-state index is 0.0629. The largest absolute Gasteiger partial charge is 0.456 e. The molecule has 0 amide bonds. The van der Waals surface area contributed by atoms with Crippen LogP contribution < -0.4 is 10.4 Å². The molecule has 0 radical (unpaired) electrons. The molecule has 0 N–H and O–H groups in total. The van der Waals surface area contributed by atoms with E-state index in [1.54, 1.807) is 21.5 Å². The molecule has 4 bridgehead atoms. The summed E-state index contributed by atoms with van der Waals surface area (Å²) >= 11 is 0. The Kier molecular flexibility index (Phi) is 7.56. The molecule has 2 aromatic heterocycles. The zero-order valence-corrected chi connectivity index (χ0v) is 38.3. The van der Waals surface area contributed by atoms with Crippen molar-refractivity contribution in [3.8, 4) is 67.3 Å². The van der Waals surface area contributed by atoms with Crippen LogP contribution in [0.4, 0.5) is 0 Å². The van der Waals surface area contributed by atoms with Crippen LogP contribution in [0.15, 0.2) is 174 Å². The van der Waals surface area contributed by atoms with Crippen LogP contribution in [0.1, 0.15) is 43.2 Å². The maximum absolute atomic E-state index is 6.40. The molecular formula is C62H48N2OSi. The van der Waals surface area contributed by atoms with Crippen molar-refractivity contribution in [2.45, 2.75) is 50.6 Å². The van der Waals surface area contributed by atoms with E-state index in [1.807, 2.05) is 6.07 Å². The molecule has 5 aliphatic carbocycles. The van der Waals surface area contributed by atoms with E-state index in [2.05, 4.69) is 177 Å². The van der Waals surface area contributed by atoms with Crippen molar-refractivity contribution in [3.63, 3.8) is 0 Å². The van der Waals surface area contributed by atoms with Crippen LogP contribution in [0.25, 0.3) is 100.0 Å². The number of hydrogen-bond donors (Lipinski definition) is 0. The fraction of sp³-hybridized carbons (Fsp3) is 0.194. The van der Waals surface area contributed by atoms with Crippen molar-refractivity contribution in [2.24, 2.45) is 23.7 Å². The Labute approximate surface area is 386 Å². The van der Waals surface area contributed by atoms with Crippen molar-refractivity contribution >= 4 is 51.2 Å². The fourth-order valence-electron chi connectivity index (χ4n) is 15.0. The Balaban J connectivity index is 1.01. The SMILES string of the molecule is C[Si]1(C)c2ccccc2-c2cc3c(c(-c4cccc5c(-c6nc(-c7ccccc7)cc(-c7cccc8oc9ccccc9c78)n6)cccc45)c21)-c1ccccc1C31C2CC3CC(C2)CC1C3. The number of benzene rings is 8. The maximum Gasteiger partial charge on any atom is 0.161 e. The summed E-state index contributed by atoms with van der Waals surface area (Å²) in [5.41, 5.74) is 18.7. The summed E-state index contributed by atoms with van der Waals surface area (Å²) in [7, 11) is -2.19. The van der Waals surface area contributed by atoms with E-state index >= 15 is 0 Å². The van der Waals surface area contributed by atoms with Gasteiger partial charge in [0.1, 0.15) is 19.2 Å². The molecule has 0 saturated heterocycles. The van der Waals surface area contributed by atoms with Crippen LogP contribution in [0.2, 0.25) is 13.1 Å². The minimum atomic E-state index is -2.19. The summed E-state index contributed by atoms with van der Waals surface area (Å²) < 4.78 is 6.40. The van der Waals surface area contributed by atoms with Gasteiger partial charge < -0.3 is 4.42 Å². The van der Waals surface area contributed by atoms with Gasteiger partial charge in [0.05, 0.1) is 11.4 Å². The lowest BCUT2D eigenvalue weighted by molar-refractivity contribution is -0.0399. The predicted octanol–water partition coefficient (Wildman–Crippen LogP) is 14.7. The molecule has 3 heterocycles. The lowest BCUT2D eigenvalue weighted by Crippen LogP contribution is -2.55. The monoisotopic (exact) mass is 864 g/mol. The van der Waals surface area contributed by atoms with Gasteiger partial charge in [-0.1, -0.05) is 159 Å². The van der Waals surface area contributed by atoms with Crippen molar-refractivity contribution in [2.75, 3.05) is 0 Å². The Morgan fingerprint density at radius 1 is 0.470 bits per heavy atom. The number of fused-ring (bicyclic) bond motifs is 10. The van der Waals surface area contributed by atoms with E-state index in [1.165, 1.54) is 76.3 Å². The van der Waals surface area contributed by atoms with Gasteiger partial charge in [-0.25, -0.2) is 9.97 Å². The summed E-state index contributed by atoms with van der Waals surface area (Å²) in [6.07, 6.45) is 6.94. The second kappa shape index (κ2) is 13.4. The number of nitrogens with zero attached hydrogens (tertiary/aromatic N) is 2. The van der Waals surface area contributed by atoms with Gasteiger partial charge in [0.2, 0.25) is 0 Å². The first-order valence-electron chi connectivity index (χ1n) is 24.2. The molecular weight excluding hydrogens is 817 g/mol. The second-order valence-corrected chi connectivity index (χ2v) is 25.1. The molecule has 1 spiro atoms. The highest BCUT2D eigenvalue weighted by atomic mass is 28.3. The molecule has 6 aliphatic rings. The lowest BCUT2D eigenvalue weighted by atomic mass is 9.43. The average Bonchev–Trinajstić information content (AvgIpc) is 3.96. The molecule has 0 unspecified atom stereocenters. The molecule has 1 aliphatic heterocycles. The number of para-hydroxylation sites is 1. The summed E-state index contributed by atoms with van der Waals surface area (Å²) in [6.45, 7) is 5.22. The number of furan rings is 1. The molecule has 316 valence electrons. The number of hydrogen-bond acceptors (Lipinski definition) is 3. The van der Waals surface area contributed by atoms with Crippen LogP contribution in [-0.4, -0.2) is 18.0 Å². The molecule has 66 heavy (non-hydrogen) atoms. The van der Waals surface area contributed by atoms with Crippen LogP contribution in [0.3, 0.4) is 0 Å². The third-order valence-electron chi connectivity index (χ3n) is 17.3. The van der Waals surface area contributed by atoms with Crippen LogP contribution in [0.5, 0.6) is 0 Å². The predicted molar refractivity (Wildman–Crippen MR) is 274 cm³/mol. The first-order valence-corrected chi connectivity index (χ1v) is 27.2. The van der Waals surface area contributed by atoms with Gasteiger partial charge in [-0.2, -0.15) is 0 Å². The standard InChI is InChI=1S/C62H48N2OSi/c1-66(2)56-28-11-8-17-43(56)49-34-51-58(46-18-6-9-25-50(46)62(51)39-30-36-29-37(32-39)33-40(62)31-36)59(60(49)66)44-22-12-21-42-41(44)20-13-23-45(42)61-63-52(38-15-4-3-5-16-38)35-53(64-61)47-24-14-27-55-57(47)48-19-7-10-26-54(48)65-55/h3-28,34-37,39-40H,29-33H2,1-2H3. The van der Waals surface area contributed by atoms with E-state index in [4.69, 9.17) is 14.4 Å². The number of aromatic nitrogens is 2. The van der Waals surface area contributed by atoms with Gasteiger partial charge in [0, 0.05) is 32.9 Å². The van der Waals surface area contributed by atoms with Gasteiger partial charge in [0.15, 0.2) is 5.82 Å². The van der Waals surface area contributed by atoms with E-state index < -0.39 is 8.07 Å². The van der Waals surface area contributed by atoms with E-state index in [-0.39, 0.29) is 5.41 Å². The van der Waals surface area contributed by atoms with Gasteiger partial charge >= 0.3 is 0 Å². The molecule has 8 aromatic carbocycles. The molecule has 4 saturated carbocycles. The zero-order chi connectivity index (χ0) is 43.5. The Morgan fingerprint density at radius 3 is 1.89 bits per heavy atom. The highest BCUT2D eigenvalue weighted by molar-refractivity contribution is 7.04. The van der Waals surface area contributed by atoms with E-state index in [0.29, 0.717) is 11.8 Å². The zero-order valence-electron chi connectivity index (χ0n) is 37.3. The normalized spacial score (nSPS) is 22.6. The summed E-state index contributed by atoms with van der Waals surface area (Å²) in [6, 6.07) is 63.2. The van der Waals surface area contributed by atoms with E-state index in [0.717, 1.165) is 67.7 Å². The third kappa shape index (κ3) is 4.87. The van der Waals surface area contributed by atoms with Crippen LogP contribution >= 0.6 is 0 Å². The molecule has 4 heteroatoms. The quantitative estimate of drug-likeness (QED) is 0.165. The third-order valence-corrected chi connectivity index (χ3v) is 20.8. The van der Waals surface area contributed by atoms with Crippen molar-refractivity contribution in [3.05, 3.63) is 181 Å². The second-order valence-electron chi connectivity index (χ2n) is 20.8. The van der Waals surface area contributed by atoms with Crippen LogP contribution in [-0.2, 0) is 5.41 Å². The van der Waals surface area contributed by atoms with Crippen LogP contribution in [0, 0.1) is 23.7 Å². The first-order chi connectivity index (χ1) is 32.4. The Morgan fingerprint density at radius 2 is 1.08 bits per heavy atom. The van der Waals surface area contributed by atoms with Gasteiger partial charge in [-0.15, -0.1) is 0 Å². The van der Waals surface area contributed by atoms with Gasteiger partial charge in [0.25, 0.3) is 0 Å². The summed E-state index contributed by atoms with van der Waals surface area (Å²) in [4.78, 5) is 11.0. The average molecular weight is 865 g/mol. The van der Waals surface area contributed by atoms with Gasteiger partial charge in [-0.3, -0.25) is 0 Å². The molecule has 3 nitrogen and oxygen atoms in total. The Hall–Kier alpha value is -6.88. The smallest absolute Gasteiger partial charge is 0.161 e. The van der Waals surface area contributed by atoms with Gasteiger partial charge in [-0.05, 0) is 146 Å². The highest BCUT2D eigenvalue weighted by Crippen LogP contribution is 2.70. The molecule has 4 fully saturated rings. The lowest BCUT2D eigenvalue weighted by Gasteiger charge is -2.61. The summed E-state index contributed by atoms with van der Waals surface area (Å²) in [5, 5.41) is 7.77. The van der Waals surface area contributed by atoms with E-state index in [9.17, 15) is 0 Å². The van der Waals surface area contributed by atoms with Crippen molar-refractivity contribution < 1.29 is 4.42 Å². The first kappa shape index (κ1) is 37.3. The Bertz CT molecular complexity index is 3680. The topological polar surface area (TPSA) is 38.9 Å². The highest BCUT2D eigenvalue weighted by Gasteiger charge is 2.62. The van der Waals surface area contributed by atoms with Crippen molar-refractivity contribution in [1.82, 2.24) is 9.97 Å². The summed E-state index contributed by atoms with van der Waals surface area (Å²) in [5.74, 6) is 3.89.